The van der Waals surface area contributed by atoms with Crippen LogP contribution in [0.25, 0.3) is 5.65 Å². The Kier molecular flexibility index (Phi) is 3.74. The van der Waals surface area contributed by atoms with Crippen LogP contribution in [0.1, 0.15) is 12.8 Å². The van der Waals surface area contributed by atoms with E-state index in [2.05, 4.69) is 10.00 Å². The van der Waals surface area contributed by atoms with Gasteiger partial charge in [0.15, 0.2) is 5.65 Å². The van der Waals surface area contributed by atoms with Crippen molar-refractivity contribution in [2.75, 3.05) is 20.2 Å². The lowest BCUT2D eigenvalue weighted by molar-refractivity contribution is -0.145. The van der Waals surface area contributed by atoms with Gasteiger partial charge in [0.25, 0.3) is 0 Å². The van der Waals surface area contributed by atoms with Gasteiger partial charge in [-0.3, -0.25) is 14.1 Å². The quantitative estimate of drug-likeness (QED) is 0.749. The maximum absolute atomic E-state index is 12.2. The summed E-state index contributed by atoms with van der Waals surface area (Å²) in [7, 11) is 1.41. The van der Waals surface area contributed by atoms with Crippen LogP contribution >= 0.6 is 0 Å². The number of carbonyl (C=O) groups excluding carboxylic acids is 1. The van der Waals surface area contributed by atoms with Crippen LogP contribution < -0.4 is 5.69 Å². The predicted molar refractivity (Wildman–Crippen MR) is 76.1 cm³/mol. The molecule has 2 aromatic heterocycles. The zero-order valence-corrected chi connectivity index (χ0v) is 11.9. The number of nitrogens with zero attached hydrogens (tertiary/aromatic N) is 4. The van der Waals surface area contributed by atoms with E-state index in [1.54, 1.807) is 18.3 Å². The first-order valence-electron chi connectivity index (χ1n) is 7.07. The lowest BCUT2D eigenvalue weighted by atomic mass is 10.2. The standard InChI is InChI=1S/C14H18N4O3/c1-21-13(19)11-5-4-7-16(11)9-10-18-14(20)17-8-3-2-6-12(17)15-18/h2-3,6,8,11H,4-5,7,9-10H2,1H3. The molecular weight excluding hydrogens is 272 g/mol. The SMILES string of the molecule is COC(=O)C1CCCN1CCn1nc2ccccn2c1=O. The minimum Gasteiger partial charge on any atom is -0.468 e. The van der Waals surface area contributed by atoms with Crippen LogP contribution in [0.5, 0.6) is 0 Å². The van der Waals surface area contributed by atoms with Gasteiger partial charge in [0, 0.05) is 12.7 Å². The summed E-state index contributed by atoms with van der Waals surface area (Å²) in [6.45, 7) is 1.93. The van der Waals surface area contributed by atoms with Crippen molar-refractivity contribution in [2.24, 2.45) is 0 Å². The maximum atomic E-state index is 12.2. The van der Waals surface area contributed by atoms with Crippen molar-refractivity contribution in [3.05, 3.63) is 34.9 Å². The van der Waals surface area contributed by atoms with Gasteiger partial charge < -0.3 is 4.74 Å². The zero-order valence-electron chi connectivity index (χ0n) is 11.9. The average Bonchev–Trinajstić information content (AvgIpc) is 3.10. The summed E-state index contributed by atoms with van der Waals surface area (Å²) in [6.07, 6.45) is 3.49. The average molecular weight is 290 g/mol. The number of hydrogen-bond donors (Lipinski definition) is 0. The summed E-state index contributed by atoms with van der Waals surface area (Å²) in [5.41, 5.74) is 0.479. The molecule has 1 fully saturated rings. The highest BCUT2D eigenvalue weighted by Gasteiger charge is 2.31. The van der Waals surface area contributed by atoms with Crippen LogP contribution in [0.3, 0.4) is 0 Å². The molecule has 1 aliphatic rings. The van der Waals surface area contributed by atoms with Gasteiger partial charge in [-0.05, 0) is 31.5 Å². The van der Waals surface area contributed by atoms with Gasteiger partial charge in [-0.25, -0.2) is 9.48 Å². The Morgan fingerprint density at radius 1 is 1.43 bits per heavy atom. The molecule has 0 bridgehead atoms. The fourth-order valence-electron chi connectivity index (χ4n) is 2.83. The van der Waals surface area contributed by atoms with Crippen LogP contribution in [-0.2, 0) is 16.1 Å². The molecule has 1 atom stereocenters. The fraction of sp³-hybridized carbons (Fsp3) is 0.500. The van der Waals surface area contributed by atoms with Gasteiger partial charge in [-0.15, -0.1) is 5.10 Å². The third kappa shape index (κ3) is 2.56. The molecular formula is C14H18N4O3. The highest BCUT2D eigenvalue weighted by molar-refractivity contribution is 5.75. The Morgan fingerprint density at radius 2 is 2.29 bits per heavy atom. The molecule has 7 heteroatoms. The Bertz CT molecular complexity index is 706. The molecule has 0 radical (unpaired) electrons. The Labute approximate surface area is 121 Å². The molecule has 21 heavy (non-hydrogen) atoms. The molecule has 0 saturated carbocycles. The first kappa shape index (κ1) is 13.8. The summed E-state index contributed by atoms with van der Waals surface area (Å²) in [4.78, 5) is 25.9. The van der Waals surface area contributed by atoms with Crippen molar-refractivity contribution in [1.29, 1.82) is 0 Å². The van der Waals surface area contributed by atoms with Crippen molar-refractivity contribution in [3.8, 4) is 0 Å². The molecule has 1 unspecified atom stereocenters. The molecule has 1 saturated heterocycles. The van der Waals surface area contributed by atoms with Crippen LogP contribution in [0.15, 0.2) is 29.2 Å². The molecule has 2 aromatic rings. The number of ether oxygens (including phenoxy) is 1. The number of hydrogen-bond acceptors (Lipinski definition) is 5. The van der Waals surface area contributed by atoms with E-state index in [1.807, 2.05) is 6.07 Å². The topological polar surface area (TPSA) is 68.8 Å². The van der Waals surface area contributed by atoms with Gasteiger partial charge in [-0.1, -0.05) is 6.07 Å². The maximum Gasteiger partial charge on any atom is 0.350 e. The van der Waals surface area contributed by atoms with E-state index in [0.717, 1.165) is 19.4 Å². The first-order valence-corrected chi connectivity index (χ1v) is 7.07. The molecule has 112 valence electrons. The zero-order chi connectivity index (χ0) is 14.8. The number of fused-ring (bicyclic) bond motifs is 1. The molecule has 0 spiro atoms. The van der Waals surface area contributed by atoms with E-state index in [1.165, 1.54) is 16.2 Å². The van der Waals surface area contributed by atoms with Crippen molar-refractivity contribution >= 4 is 11.6 Å². The number of carbonyl (C=O) groups is 1. The van der Waals surface area contributed by atoms with E-state index in [4.69, 9.17) is 4.74 Å². The Balaban J connectivity index is 1.73. The van der Waals surface area contributed by atoms with Crippen LogP contribution in [0.2, 0.25) is 0 Å². The van der Waals surface area contributed by atoms with Gasteiger partial charge in [0.2, 0.25) is 0 Å². The van der Waals surface area contributed by atoms with Crippen molar-refractivity contribution in [2.45, 2.75) is 25.4 Å². The monoisotopic (exact) mass is 290 g/mol. The summed E-state index contributed by atoms with van der Waals surface area (Å²) in [5, 5.41) is 4.29. The second-order valence-corrected chi connectivity index (χ2v) is 5.15. The second kappa shape index (κ2) is 5.69. The number of rotatable bonds is 4. The lowest BCUT2D eigenvalue weighted by Gasteiger charge is -2.21. The van der Waals surface area contributed by atoms with E-state index < -0.39 is 0 Å². The van der Waals surface area contributed by atoms with E-state index in [9.17, 15) is 9.59 Å². The van der Waals surface area contributed by atoms with Gasteiger partial charge in [-0.2, -0.15) is 0 Å². The molecule has 0 aliphatic carbocycles. The molecule has 3 heterocycles. The van der Waals surface area contributed by atoms with E-state index in [0.29, 0.717) is 18.7 Å². The summed E-state index contributed by atoms with van der Waals surface area (Å²) < 4.78 is 7.78. The molecule has 7 nitrogen and oxygen atoms in total. The smallest absolute Gasteiger partial charge is 0.350 e. The number of likely N-dealkylation sites (tertiary alicyclic amines) is 1. The van der Waals surface area contributed by atoms with E-state index >= 15 is 0 Å². The van der Waals surface area contributed by atoms with Crippen LogP contribution in [-0.4, -0.2) is 51.3 Å². The number of methoxy groups -OCH3 is 1. The third-order valence-corrected chi connectivity index (χ3v) is 3.92. The minimum absolute atomic E-state index is 0.153. The molecule has 1 aliphatic heterocycles. The van der Waals surface area contributed by atoms with Crippen LogP contribution in [0, 0.1) is 0 Å². The van der Waals surface area contributed by atoms with Crippen molar-refractivity contribution in [1.82, 2.24) is 19.1 Å². The van der Waals surface area contributed by atoms with Gasteiger partial charge >= 0.3 is 11.7 Å². The third-order valence-electron chi connectivity index (χ3n) is 3.92. The van der Waals surface area contributed by atoms with Crippen LogP contribution in [0.4, 0.5) is 0 Å². The largest absolute Gasteiger partial charge is 0.468 e. The second-order valence-electron chi connectivity index (χ2n) is 5.15. The highest BCUT2D eigenvalue weighted by atomic mass is 16.5. The van der Waals surface area contributed by atoms with E-state index in [-0.39, 0.29) is 17.7 Å². The normalized spacial score (nSPS) is 19.2. The number of esters is 1. The first-order chi connectivity index (χ1) is 10.2. The summed E-state index contributed by atoms with van der Waals surface area (Å²) in [5.74, 6) is -0.199. The lowest BCUT2D eigenvalue weighted by Crippen LogP contribution is -2.39. The highest BCUT2D eigenvalue weighted by Crippen LogP contribution is 2.17. The minimum atomic E-state index is -0.199. The summed E-state index contributed by atoms with van der Waals surface area (Å²) >= 11 is 0. The fourth-order valence-corrected chi connectivity index (χ4v) is 2.83. The van der Waals surface area contributed by atoms with Crippen molar-refractivity contribution in [3.63, 3.8) is 0 Å². The molecule has 0 N–H and O–H groups in total. The van der Waals surface area contributed by atoms with Crippen molar-refractivity contribution < 1.29 is 9.53 Å². The summed E-state index contributed by atoms with van der Waals surface area (Å²) in [6, 6.07) is 5.25. The molecule has 0 aromatic carbocycles. The molecule has 0 amide bonds. The van der Waals surface area contributed by atoms with Gasteiger partial charge in [0.05, 0.1) is 13.7 Å². The Hall–Kier alpha value is -2.15. The Morgan fingerprint density at radius 3 is 3.05 bits per heavy atom. The number of pyridine rings is 1. The number of aromatic nitrogens is 3. The molecule has 3 rings (SSSR count). The predicted octanol–water partition coefficient (Wildman–Crippen LogP) is 0.133. The van der Waals surface area contributed by atoms with Gasteiger partial charge in [0.1, 0.15) is 6.04 Å².